The molecule has 2 N–H and O–H groups in total. The van der Waals surface area contributed by atoms with Gasteiger partial charge in [0.05, 0.1) is 48.7 Å². The second-order valence-electron chi connectivity index (χ2n) is 12.7. The Hall–Kier alpha value is -3.70. The lowest BCUT2D eigenvalue weighted by atomic mass is 9.72. The van der Waals surface area contributed by atoms with Crippen molar-refractivity contribution in [3.8, 4) is 17.6 Å². The monoisotopic (exact) mass is 687 g/mol. The molecule has 2 heterocycles. The van der Waals surface area contributed by atoms with Gasteiger partial charge in [-0.15, -0.1) is 6.58 Å². The molecular formula is C35H44F3N5O4S. The minimum absolute atomic E-state index is 0.0627. The smallest absolute Gasteiger partial charge is 0.406 e. The summed E-state index contributed by atoms with van der Waals surface area (Å²) in [6.07, 6.45) is 1.47. The molecule has 0 atom stereocenters. The van der Waals surface area contributed by atoms with Crippen molar-refractivity contribution in [2.75, 3.05) is 71.2 Å². The molecule has 1 saturated carbocycles. The Kier molecular flexibility index (Phi) is 11.0. The molecule has 2 aliphatic rings. The van der Waals surface area contributed by atoms with Gasteiger partial charge in [-0.05, 0) is 76.0 Å². The number of nitrogens with one attached hydrogen (secondary N) is 2. The Morgan fingerprint density at radius 2 is 1.85 bits per heavy atom. The summed E-state index contributed by atoms with van der Waals surface area (Å²) >= 11 is 0. The van der Waals surface area contributed by atoms with E-state index >= 15 is 0 Å². The molecule has 1 aromatic heterocycles. The number of nitrogens with zero attached hydrogens (tertiary/aromatic N) is 3. The molecular weight excluding hydrogens is 643 g/mol. The van der Waals surface area contributed by atoms with Crippen LogP contribution in [-0.2, 0) is 21.3 Å². The van der Waals surface area contributed by atoms with Gasteiger partial charge in [0.15, 0.2) is 0 Å². The molecule has 0 bridgehead atoms. The second kappa shape index (κ2) is 14.8. The predicted molar refractivity (Wildman–Crippen MR) is 183 cm³/mol. The largest absolute Gasteiger partial charge is 0.495 e. The Balaban J connectivity index is 1.33. The number of methoxy groups -OCH3 is 1. The third-order valence-corrected chi connectivity index (χ3v) is 10.9. The van der Waals surface area contributed by atoms with Gasteiger partial charge in [0.25, 0.3) is 0 Å². The molecule has 1 saturated heterocycles. The fraction of sp³-hybridized carbons (Fsp3) is 0.486. The van der Waals surface area contributed by atoms with Crippen LogP contribution in [0, 0.1) is 17.3 Å². The van der Waals surface area contributed by atoms with Crippen LogP contribution in [0.3, 0.4) is 0 Å². The number of sulfonamides is 1. The molecule has 0 radical (unpaired) electrons. The maximum absolute atomic E-state index is 13.8. The first kappa shape index (κ1) is 35.6. The van der Waals surface area contributed by atoms with Crippen LogP contribution in [0.4, 0.5) is 24.5 Å². The standard InChI is InChI=1S/C35H44F3N5O4S/c1-5-34(24-41(2)3)15-13-26(14-16-34)40-30-9-6-10-32-29(30)22-27(43(32)25-35(36,37)38)8-7-17-39-31-12-11-28(23-33(31)46-4)48(44,45)42-18-20-47-21-19-42/h5-6,9-12,22-23,26,39-40H,1,13-21,24-25H2,2-4H3. The van der Waals surface area contributed by atoms with Gasteiger partial charge in [-0.25, -0.2) is 8.42 Å². The maximum Gasteiger partial charge on any atom is 0.406 e. The number of ether oxygens (including phenoxy) is 2. The average Bonchev–Trinajstić information content (AvgIpc) is 3.40. The van der Waals surface area contributed by atoms with E-state index < -0.39 is 22.7 Å². The molecule has 48 heavy (non-hydrogen) atoms. The van der Waals surface area contributed by atoms with Gasteiger partial charge in [-0.1, -0.05) is 18.1 Å². The molecule has 2 fully saturated rings. The van der Waals surface area contributed by atoms with Crippen molar-refractivity contribution in [3.63, 3.8) is 0 Å². The molecule has 2 aromatic carbocycles. The third kappa shape index (κ3) is 8.29. The molecule has 13 heteroatoms. The quantitative estimate of drug-likeness (QED) is 0.195. The number of alkyl halides is 3. The lowest BCUT2D eigenvalue weighted by molar-refractivity contribution is -0.140. The molecule has 5 rings (SSSR count). The van der Waals surface area contributed by atoms with E-state index in [4.69, 9.17) is 9.47 Å². The molecule has 0 spiro atoms. The number of aromatic nitrogens is 1. The van der Waals surface area contributed by atoms with Gasteiger partial charge < -0.3 is 29.6 Å². The van der Waals surface area contributed by atoms with E-state index in [0.29, 0.717) is 35.6 Å². The molecule has 1 aliphatic heterocycles. The normalized spacial score (nSPS) is 20.7. The Bertz CT molecular complexity index is 1760. The van der Waals surface area contributed by atoms with Gasteiger partial charge >= 0.3 is 6.18 Å². The highest BCUT2D eigenvalue weighted by molar-refractivity contribution is 7.89. The maximum atomic E-state index is 13.8. The van der Waals surface area contributed by atoms with Gasteiger partial charge in [-0.2, -0.15) is 17.5 Å². The summed E-state index contributed by atoms with van der Waals surface area (Å²) in [6.45, 7) is 5.17. The van der Waals surface area contributed by atoms with Gasteiger partial charge in [0, 0.05) is 48.2 Å². The van der Waals surface area contributed by atoms with Crippen molar-refractivity contribution in [1.82, 2.24) is 13.8 Å². The van der Waals surface area contributed by atoms with Gasteiger partial charge in [-0.3, -0.25) is 0 Å². The molecule has 9 nitrogen and oxygen atoms in total. The van der Waals surface area contributed by atoms with Crippen LogP contribution in [0.1, 0.15) is 31.4 Å². The summed E-state index contributed by atoms with van der Waals surface area (Å²) in [6, 6.07) is 11.8. The highest BCUT2D eigenvalue weighted by Crippen LogP contribution is 2.40. The van der Waals surface area contributed by atoms with E-state index in [1.54, 1.807) is 24.3 Å². The zero-order valence-electron chi connectivity index (χ0n) is 27.7. The number of morpholine rings is 1. The first-order valence-electron chi connectivity index (χ1n) is 16.1. The van der Waals surface area contributed by atoms with Crippen LogP contribution in [0.25, 0.3) is 10.9 Å². The molecule has 260 valence electrons. The Labute approximate surface area is 281 Å². The van der Waals surface area contributed by atoms with Crippen molar-refractivity contribution >= 4 is 32.3 Å². The zero-order chi connectivity index (χ0) is 34.5. The summed E-state index contributed by atoms with van der Waals surface area (Å²) in [5, 5.41) is 7.40. The van der Waals surface area contributed by atoms with Crippen LogP contribution >= 0.6 is 0 Å². The molecule has 0 unspecified atom stereocenters. The van der Waals surface area contributed by atoms with E-state index in [9.17, 15) is 21.6 Å². The van der Waals surface area contributed by atoms with E-state index in [1.807, 2.05) is 6.07 Å². The van der Waals surface area contributed by atoms with Crippen LogP contribution in [0.5, 0.6) is 5.75 Å². The Morgan fingerprint density at radius 3 is 2.50 bits per heavy atom. The minimum atomic E-state index is -4.44. The van der Waals surface area contributed by atoms with Crippen LogP contribution in [0.15, 0.2) is 60.0 Å². The molecule has 1 aliphatic carbocycles. The number of hydrogen-bond acceptors (Lipinski definition) is 7. The van der Waals surface area contributed by atoms with E-state index in [2.05, 4.69) is 54.1 Å². The SMILES string of the molecule is C=CC1(CN(C)C)CCC(Nc2cccc3c2cc(C#CCNc2ccc(S(=O)(=O)N4CCOCC4)cc2OC)n3CC(F)(F)F)CC1. The third-order valence-electron chi connectivity index (χ3n) is 9.05. The number of halogens is 3. The number of benzene rings is 2. The molecule has 3 aromatic rings. The van der Waals surface area contributed by atoms with E-state index in [0.717, 1.165) is 37.9 Å². The van der Waals surface area contributed by atoms with Gasteiger partial charge in [0.1, 0.15) is 12.3 Å². The van der Waals surface area contributed by atoms with E-state index in [-0.39, 0.29) is 41.7 Å². The number of hydrogen-bond donors (Lipinski definition) is 2. The van der Waals surface area contributed by atoms with Crippen molar-refractivity contribution in [2.24, 2.45) is 5.41 Å². The van der Waals surface area contributed by atoms with Crippen molar-refractivity contribution in [1.29, 1.82) is 0 Å². The first-order chi connectivity index (χ1) is 22.8. The first-order valence-corrected chi connectivity index (χ1v) is 17.5. The van der Waals surface area contributed by atoms with Crippen molar-refractivity contribution in [2.45, 2.75) is 49.3 Å². The van der Waals surface area contributed by atoms with Crippen molar-refractivity contribution < 1.29 is 31.1 Å². The minimum Gasteiger partial charge on any atom is -0.495 e. The van der Waals surface area contributed by atoms with Crippen LogP contribution in [0.2, 0.25) is 0 Å². The summed E-state index contributed by atoms with van der Waals surface area (Å²) in [5.74, 6) is 6.18. The van der Waals surface area contributed by atoms with Crippen LogP contribution in [-0.4, -0.2) is 95.0 Å². The number of anilines is 2. The fourth-order valence-electron chi connectivity index (χ4n) is 6.67. The summed E-state index contributed by atoms with van der Waals surface area (Å²) in [5.41, 5.74) is 2.06. The topological polar surface area (TPSA) is 88.1 Å². The summed E-state index contributed by atoms with van der Waals surface area (Å²) in [7, 11) is 1.85. The fourth-order valence-corrected chi connectivity index (χ4v) is 8.09. The summed E-state index contributed by atoms with van der Waals surface area (Å²) < 4.78 is 80.7. The molecule has 0 amide bonds. The van der Waals surface area contributed by atoms with Gasteiger partial charge in [0.2, 0.25) is 10.0 Å². The Morgan fingerprint density at radius 1 is 1.12 bits per heavy atom. The zero-order valence-corrected chi connectivity index (χ0v) is 28.5. The lowest BCUT2D eigenvalue weighted by Crippen LogP contribution is -2.40. The number of rotatable bonds is 11. The van der Waals surface area contributed by atoms with Crippen molar-refractivity contribution in [3.05, 3.63) is 60.8 Å². The van der Waals surface area contributed by atoms with Crippen LogP contribution < -0.4 is 15.4 Å². The predicted octanol–water partition coefficient (Wildman–Crippen LogP) is 5.79. The highest BCUT2D eigenvalue weighted by Gasteiger charge is 2.34. The number of fused-ring (bicyclic) bond motifs is 1. The summed E-state index contributed by atoms with van der Waals surface area (Å²) in [4.78, 5) is 2.28. The highest BCUT2D eigenvalue weighted by atomic mass is 32.2. The average molecular weight is 688 g/mol. The lowest BCUT2D eigenvalue weighted by Gasteiger charge is -2.40. The van der Waals surface area contributed by atoms with E-state index in [1.165, 1.54) is 28.1 Å². The second-order valence-corrected chi connectivity index (χ2v) is 14.7.